The number of amides is 1. The Balaban J connectivity index is 1.88. The molecule has 1 atom stereocenters. The molecule has 15 heavy (non-hydrogen) atoms. The van der Waals surface area contributed by atoms with Gasteiger partial charge in [0.1, 0.15) is 5.60 Å². The number of carbonyl (C=O) groups is 1. The third-order valence-corrected chi connectivity index (χ3v) is 4.32. The normalized spacial score (nSPS) is 31.0. The van der Waals surface area contributed by atoms with Gasteiger partial charge in [0.25, 0.3) is 0 Å². The van der Waals surface area contributed by atoms with Gasteiger partial charge >= 0.3 is 6.09 Å². The van der Waals surface area contributed by atoms with Crippen LogP contribution in [0.4, 0.5) is 4.79 Å². The Bertz CT molecular complexity index is 242. The molecule has 1 amide bonds. The summed E-state index contributed by atoms with van der Waals surface area (Å²) in [5, 5.41) is 0. The van der Waals surface area contributed by atoms with Crippen LogP contribution in [0.3, 0.4) is 0 Å². The van der Waals surface area contributed by atoms with Gasteiger partial charge in [-0.3, -0.25) is 0 Å². The number of carbonyl (C=O) groups excluding carboxylic acids is 1. The van der Waals surface area contributed by atoms with Crippen molar-refractivity contribution >= 4 is 17.9 Å². The molecule has 2 N–H and O–H groups in total. The van der Waals surface area contributed by atoms with E-state index in [0.717, 1.165) is 43.9 Å². The fourth-order valence-electron chi connectivity index (χ4n) is 2.08. The molecule has 2 heterocycles. The molecule has 0 radical (unpaired) electrons. The summed E-state index contributed by atoms with van der Waals surface area (Å²) in [6.45, 7) is 2.20. The Kier molecular flexibility index (Phi) is 3.41. The van der Waals surface area contributed by atoms with E-state index in [9.17, 15) is 4.79 Å². The number of ether oxygens (including phenoxy) is 1. The van der Waals surface area contributed by atoms with E-state index in [1.807, 2.05) is 11.8 Å². The Morgan fingerprint density at radius 2 is 2.40 bits per heavy atom. The van der Waals surface area contributed by atoms with E-state index < -0.39 is 0 Å². The molecule has 2 aliphatic heterocycles. The molecule has 0 bridgehead atoms. The highest BCUT2D eigenvalue weighted by Crippen LogP contribution is 2.37. The predicted octanol–water partition coefficient (Wildman–Crippen LogP) is 1.05. The zero-order valence-electron chi connectivity index (χ0n) is 8.91. The molecule has 0 aromatic rings. The summed E-state index contributed by atoms with van der Waals surface area (Å²) >= 11 is 1.88. The average molecular weight is 230 g/mol. The van der Waals surface area contributed by atoms with Gasteiger partial charge in [0, 0.05) is 25.3 Å². The van der Waals surface area contributed by atoms with Crippen LogP contribution in [0.15, 0.2) is 0 Å². The lowest BCUT2D eigenvalue weighted by Gasteiger charge is -2.38. The van der Waals surface area contributed by atoms with Gasteiger partial charge in [-0.15, -0.1) is 0 Å². The van der Waals surface area contributed by atoms with Crippen molar-refractivity contribution in [2.45, 2.75) is 24.9 Å². The monoisotopic (exact) mass is 230 g/mol. The van der Waals surface area contributed by atoms with Crippen molar-refractivity contribution in [2.75, 3.05) is 31.1 Å². The molecule has 86 valence electrons. The van der Waals surface area contributed by atoms with E-state index in [1.165, 1.54) is 0 Å². The van der Waals surface area contributed by atoms with Crippen molar-refractivity contribution in [1.82, 2.24) is 4.90 Å². The quantitative estimate of drug-likeness (QED) is 0.787. The minimum atomic E-state index is -0.141. The fourth-order valence-corrected chi connectivity index (χ4v) is 3.46. The molecule has 5 heteroatoms. The first kappa shape index (κ1) is 11.1. The summed E-state index contributed by atoms with van der Waals surface area (Å²) in [7, 11) is 0. The van der Waals surface area contributed by atoms with Crippen molar-refractivity contribution in [3.05, 3.63) is 0 Å². The van der Waals surface area contributed by atoms with Crippen molar-refractivity contribution < 1.29 is 9.53 Å². The van der Waals surface area contributed by atoms with Crippen LogP contribution in [0.5, 0.6) is 0 Å². The Labute approximate surface area is 94.5 Å². The van der Waals surface area contributed by atoms with Crippen LogP contribution in [-0.4, -0.2) is 47.7 Å². The van der Waals surface area contributed by atoms with Crippen molar-refractivity contribution in [3.63, 3.8) is 0 Å². The van der Waals surface area contributed by atoms with E-state index in [0.29, 0.717) is 6.54 Å². The van der Waals surface area contributed by atoms with Crippen LogP contribution < -0.4 is 5.73 Å². The minimum absolute atomic E-state index is 0.138. The average Bonchev–Trinajstić information content (AvgIpc) is 2.66. The van der Waals surface area contributed by atoms with Crippen LogP contribution in [0.1, 0.15) is 19.3 Å². The van der Waals surface area contributed by atoms with Crippen LogP contribution in [-0.2, 0) is 4.74 Å². The summed E-state index contributed by atoms with van der Waals surface area (Å²) in [5.41, 5.74) is 5.29. The van der Waals surface area contributed by atoms with Crippen molar-refractivity contribution in [2.24, 2.45) is 5.73 Å². The number of hydrogen-bond acceptors (Lipinski definition) is 4. The lowest BCUT2D eigenvalue weighted by Crippen LogP contribution is -2.50. The smallest absolute Gasteiger partial charge is 0.410 e. The van der Waals surface area contributed by atoms with E-state index in [4.69, 9.17) is 10.5 Å². The SMILES string of the molecule is NCCCN1CCC2(CCSC2)OC1=O. The molecule has 1 spiro atoms. The van der Waals surface area contributed by atoms with Crippen LogP contribution in [0.25, 0.3) is 0 Å². The van der Waals surface area contributed by atoms with Gasteiger partial charge in [0.2, 0.25) is 0 Å². The maximum Gasteiger partial charge on any atom is 0.410 e. The summed E-state index contributed by atoms with van der Waals surface area (Å²) < 4.78 is 5.57. The Hall–Kier alpha value is -0.420. The van der Waals surface area contributed by atoms with Gasteiger partial charge in [0.15, 0.2) is 0 Å². The maximum absolute atomic E-state index is 11.7. The molecule has 2 saturated heterocycles. The zero-order chi connectivity index (χ0) is 10.7. The Morgan fingerprint density at radius 1 is 1.53 bits per heavy atom. The molecule has 4 nitrogen and oxygen atoms in total. The van der Waals surface area contributed by atoms with Gasteiger partial charge in [0.05, 0.1) is 0 Å². The van der Waals surface area contributed by atoms with E-state index in [2.05, 4.69) is 0 Å². The van der Waals surface area contributed by atoms with Gasteiger partial charge in [-0.05, 0) is 25.1 Å². The number of hydrogen-bond donors (Lipinski definition) is 1. The minimum Gasteiger partial charge on any atom is -0.442 e. The molecule has 2 rings (SSSR count). The fraction of sp³-hybridized carbons (Fsp3) is 0.900. The molecule has 2 aliphatic rings. The van der Waals surface area contributed by atoms with Crippen LogP contribution in [0, 0.1) is 0 Å². The van der Waals surface area contributed by atoms with E-state index >= 15 is 0 Å². The first-order valence-corrected chi connectivity index (χ1v) is 6.67. The molecule has 0 aromatic heterocycles. The van der Waals surface area contributed by atoms with E-state index in [-0.39, 0.29) is 11.7 Å². The second kappa shape index (κ2) is 4.61. The summed E-state index contributed by atoms with van der Waals surface area (Å²) in [6, 6.07) is 0. The van der Waals surface area contributed by atoms with Crippen LogP contribution >= 0.6 is 11.8 Å². The van der Waals surface area contributed by atoms with Gasteiger partial charge in [-0.2, -0.15) is 11.8 Å². The van der Waals surface area contributed by atoms with Gasteiger partial charge < -0.3 is 15.4 Å². The van der Waals surface area contributed by atoms with Crippen molar-refractivity contribution in [3.8, 4) is 0 Å². The van der Waals surface area contributed by atoms with Crippen molar-refractivity contribution in [1.29, 1.82) is 0 Å². The summed E-state index contributed by atoms with van der Waals surface area (Å²) in [4.78, 5) is 13.5. The zero-order valence-corrected chi connectivity index (χ0v) is 9.72. The molecular formula is C10H18N2O2S. The summed E-state index contributed by atoms with van der Waals surface area (Å²) in [5.74, 6) is 2.10. The third kappa shape index (κ3) is 2.39. The second-order valence-electron chi connectivity index (χ2n) is 4.23. The lowest BCUT2D eigenvalue weighted by molar-refractivity contribution is -0.0319. The standard InChI is InChI=1S/C10H18N2O2S/c11-4-1-5-12-6-2-10(14-9(12)13)3-7-15-8-10/h1-8,11H2. The first-order chi connectivity index (χ1) is 7.26. The molecule has 0 aromatic carbocycles. The molecule has 2 fully saturated rings. The van der Waals surface area contributed by atoms with Crippen LogP contribution in [0.2, 0.25) is 0 Å². The number of nitrogens with two attached hydrogens (primary N) is 1. The maximum atomic E-state index is 11.7. The Morgan fingerprint density at radius 3 is 3.00 bits per heavy atom. The molecular weight excluding hydrogens is 212 g/mol. The van der Waals surface area contributed by atoms with Gasteiger partial charge in [-0.25, -0.2) is 4.79 Å². The first-order valence-electron chi connectivity index (χ1n) is 5.51. The number of nitrogens with zero attached hydrogens (tertiary/aromatic N) is 1. The molecule has 1 unspecified atom stereocenters. The predicted molar refractivity (Wildman–Crippen MR) is 61.0 cm³/mol. The highest BCUT2D eigenvalue weighted by atomic mass is 32.2. The highest BCUT2D eigenvalue weighted by Gasteiger charge is 2.42. The largest absolute Gasteiger partial charge is 0.442 e. The summed E-state index contributed by atoms with van der Waals surface area (Å²) in [6.07, 6.45) is 2.72. The molecule has 0 aliphatic carbocycles. The van der Waals surface area contributed by atoms with Gasteiger partial charge in [-0.1, -0.05) is 0 Å². The molecule has 0 saturated carbocycles. The third-order valence-electron chi connectivity index (χ3n) is 3.10. The van der Waals surface area contributed by atoms with E-state index in [1.54, 1.807) is 4.90 Å². The number of thioether (sulfide) groups is 1. The highest BCUT2D eigenvalue weighted by molar-refractivity contribution is 7.99. The number of rotatable bonds is 3. The lowest BCUT2D eigenvalue weighted by atomic mass is 9.97. The topological polar surface area (TPSA) is 55.6 Å². The second-order valence-corrected chi connectivity index (χ2v) is 5.34.